The number of aromatic amines is 1. The zero-order chi connectivity index (χ0) is 16.3. The number of halogens is 1. The van der Waals surface area contributed by atoms with E-state index in [-0.39, 0.29) is 5.44 Å². The summed E-state index contributed by atoms with van der Waals surface area (Å²) in [5, 5.41) is 1.08. The van der Waals surface area contributed by atoms with Gasteiger partial charge in [-0.2, -0.15) is 0 Å². The first-order valence-electron chi connectivity index (χ1n) is 7.92. The number of pyridine rings is 1. The highest BCUT2D eigenvalue weighted by Gasteiger charge is 2.63. The predicted molar refractivity (Wildman–Crippen MR) is 98.7 cm³/mol. The summed E-state index contributed by atoms with van der Waals surface area (Å²) in [5.41, 5.74) is 0.940. The van der Waals surface area contributed by atoms with Gasteiger partial charge in [0, 0.05) is 42.4 Å². The number of H-pyrrole nitrogens is 1. The number of nitrogens with one attached hydrogen (secondary N) is 1. The van der Waals surface area contributed by atoms with E-state index in [2.05, 4.69) is 66.1 Å². The van der Waals surface area contributed by atoms with Crippen LogP contribution in [0.3, 0.4) is 0 Å². The smallest absolute Gasteiger partial charge is 0.155 e. The molecule has 8 heteroatoms. The molecule has 0 spiro atoms. The molecule has 1 radical (unpaired) electrons. The van der Waals surface area contributed by atoms with Gasteiger partial charge in [-0.25, -0.2) is 15.0 Å². The van der Waals surface area contributed by atoms with Gasteiger partial charge in [-0.05, 0) is 39.9 Å². The maximum Gasteiger partial charge on any atom is 0.155 e. The van der Waals surface area contributed by atoms with E-state index in [0.29, 0.717) is 5.82 Å². The van der Waals surface area contributed by atoms with Crippen molar-refractivity contribution in [3.63, 3.8) is 0 Å². The molecule has 3 aromatic rings. The van der Waals surface area contributed by atoms with Crippen LogP contribution in [0.15, 0.2) is 41.4 Å². The number of aromatic nitrogens is 4. The summed E-state index contributed by atoms with van der Waals surface area (Å²) in [6.07, 6.45) is 5.40. The van der Waals surface area contributed by atoms with E-state index in [0.717, 1.165) is 40.2 Å². The largest absolute Gasteiger partial charge is 0.361 e. The number of fused-ring (bicyclic) bond motifs is 2. The van der Waals surface area contributed by atoms with E-state index in [9.17, 15) is 0 Å². The third kappa shape index (κ3) is 1.98. The van der Waals surface area contributed by atoms with Gasteiger partial charge in [0.2, 0.25) is 0 Å². The van der Waals surface area contributed by atoms with Crippen LogP contribution >= 0.6 is 15.9 Å². The molecule has 24 heavy (non-hydrogen) atoms. The van der Waals surface area contributed by atoms with Gasteiger partial charge in [-0.3, -0.25) is 0 Å². The monoisotopic (exact) mass is 381 g/mol. The van der Waals surface area contributed by atoms with Crippen molar-refractivity contribution in [1.82, 2.24) is 19.9 Å². The fraction of sp³-hybridized carbons (Fsp3) is 0.312. The summed E-state index contributed by atoms with van der Waals surface area (Å²) in [6, 6.07) is 6.14. The van der Waals surface area contributed by atoms with E-state index < -0.39 is 0 Å². The molecule has 2 unspecified atom stereocenters. The molecule has 0 saturated carbocycles. The number of hydrogen-bond acceptors (Lipinski definition) is 5. The average molecular weight is 382 g/mol. The molecule has 0 aliphatic carbocycles. The first-order chi connectivity index (χ1) is 11.7. The Morgan fingerprint density at radius 3 is 3.08 bits per heavy atom. The van der Waals surface area contributed by atoms with Gasteiger partial charge in [-0.1, -0.05) is 0 Å². The molecule has 5 rings (SSSR count). The molecule has 3 aromatic heterocycles. The number of hydrogen-bond donors (Lipinski definition) is 1. The molecule has 1 N–H and O–H groups in total. The Labute approximate surface area is 148 Å². The highest BCUT2D eigenvalue weighted by molar-refractivity contribution is 9.10. The van der Waals surface area contributed by atoms with E-state index >= 15 is 0 Å². The van der Waals surface area contributed by atoms with Crippen molar-refractivity contribution in [1.29, 1.82) is 0 Å². The first-order valence-corrected chi connectivity index (χ1v) is 8.71. The minimum atomic E-state index is 0.0500. The van der Waals surface area contributed by atoms with Crippen LogP contribution in [0.4, 0.5) is 11.6 Å². The highest BCUT2D eigenvalue weighted by Crippen LogP contribution is 2.52. The van der Waals surface area contributed by atoms with Gasteiger partial charge in [0.1, 0.15) is 23.6 Å². The second-order valence-electron chi connectivity index (χ2n) is 6.48. The number of rotatable bonds is 3. The SMILES string of the molecule is CN(c1ccc(Br)cn1)C12[B]C1CN(c1ncnc3[nH]ccc13)C2. The van der Waals surface area contributed by atoms with Crippen LogP contribution in [-0.4, -0.2) is 52.8 Å². The Morgan fingerprint density at radius 2 is 2.25 bits per heavy atom. The quantitative estimate of drug-likeness (QED) is 0.705. The van der Waals surface area contributed by atoms with Crippen molar-refractivity contribution in [3.8, 4) is 0 Å². The topological polar surface area (TPSA) is 60.9 Å². The van der Waals surface area contributed by atoms with Crippen LogP contribution in [0.5, 0.6) is 0 Å². The van der Waals surface area contributed by atoms with E-state index in [1.54, 1.807) is 6.33 Å². The third-order valence-corrected chi connectivity index (χ3v) is 5.67. The molecule has 2 aliphatic heterocycles. The summed E-state index contributed by atoms with van der Waals surface area (Å²) in [4.78, 5) is 21.2. The molecule has 0 amide bonds. The minimum absolute atomic E-state index is 0.0500. The second-order valence-corrected chi connectivity index (χ2v) is 7.39. The fourth-order valence-corrected chi connectivity index (χ4v) is 4.04. The maximum atomic E-state index is 4.54. The van der Waals surface area contributed by atoms with Gasteiger partial charge in [0.05, 0.1) is 5.39 Å². The Balaban J connectivity index is 1.45. The lowest BCUT2D eigenvalue weighted by Gasteiger charge is -2.31. The maximum absolute atomic E-state index is 4.54. The zero-order valence-electron chi connectivity index (χ0n) is 13.1. The lowest BCUT2D eigenvalue weighted by Crippen LogP contribution is -2.42. The number of likely N-dealkylation sites (N-methyl/N-ethyl adjacent to an activating group) is 1. The normalized spacial score (nSPS) is 24.8. The lowest BCUT2D eigenvalue weighted by molar-refractivity contribution is 0.695. The molecule has 2 aliphatic rings. The highest BCUT2D eigenvalue weighted by atomic mass is 79.9. The van der Waals surface area contributed by atoms with Crippen molar-refractivity contribution < 1.29 is 0 Å². The molecular formula is C16H15BBrN6. The molecule has 2 fully saturated rings. The van der Waals surface area contributed by atoms with Gasteiger partial charge in [0.25, 0.3) is 0 Å². The number of nitrogens with zero attached hydrogens (tertiary/aromatic N) is 5. The van der Waals surface area contributed by atoms with Crippen molar-refractivity contribution >= 4 is 45.9 Å². The van der Waals surface area contributed by atoms with Crippen LogP contribution in [0.25, 0.3) is 11.0 Å². The Bertz CT molecular complexity index is 912. The standard InChI is InChI=1S/C16H15BBrN6/c1-23(13-3-2-10(18)6-20-13)16-8-24(7-12(16)17-16)15-11-4-5-19-14(11)21-9-22-15/h2-6,9,12H,7-8H2,1H3,(H,19,21,22). The van der Waals surface area contributed by atoms with Crippen LogP contribution in [0.2, 0.25) is 5.82 Å². The van der Waals surface area contributed by atoms with Crippen molar-refractivity contribution in [2.24, 2.45) is 0 Å². The molecular weight excluding hydrogens is 367 g/mol. The van der Waals surface area contributed by atoms with Gasteiger partial charge in [0.15, 0.2) is 7.28 Å². The number of anilines is 2. The molecule has 6 nitrogen and oxygen atoms in total. The first kappa shape index (κ1) is 14.3. The molecule has 119 valence electrons. The molecule has 0 aromatic carbocycles. The summed E-state index contributed by atoms with van der Waals surface area (Å²) >= 11 is 3.45. The van der Waals surface area contributed by atoms with Gasteiger partial charge < -0.3 is 14.8 Å². The minimum Gasteiger partial charge on any atom is -0.361 e. The molecule has 0 bridgehead atoms. The van der Waals surface area contributed by atoms with Crippen molar-refractivity contribution in [2.75, 3.05) is 29.9 Å². The van der Waals surface area contributed by atoms with Crippen LogP contribution in [-0.2, 0) is 0 Å². The summed E-state index contributed by atoms with van der Waals surface area (Å²) in [7, 11) is 4.55. The molecule has 2 atom stereocenters. The van der Waals surface area contributed by atoms with E-state index in [4.69, 9.17) is 0 Å². The molecule has 2 saturated heterocycles. The second kappa shape index (κ2) is 4.96. The zero-order valence-corrected chi connectivity index (χ0v) is 14.7. The van der Waals surface area contributed by atoms with E-state index in [1.165, 1.54) is 0 Å². The molecule has 5 heterocycles. The van der Waals surface area contributed by atoms with E-state index in [1.807, 2.05) is 24.5 Å². The van der Waals surface area contributed by atoms with Crippen molar-refractivity contribution in [3.05, 3.63) is 41.4 Å². The van der Waals surface area contributed by atoms with Crippen LogP contribution in [0.1, 0.15) is 0 Å². The van der Waals surface area contributed by atoms with Gasteiger partial charge >= 0.3 is 0 Å². The van der Waals surface area contributed by atoms with Crippen LogP contribution < -0.4 is 9.80 Å². The summed E-state index contributed by atoms with van der Waals surface area (Å²) < 4.78 is 0.998. The summed E-state index contributed by atoms with van der Waals surface area (Å²) in [5.74, 6) is 2.54. The van der Waals surface area contributed by atoms with Gasteiger partial charge in [-0.15, -0.1) is 0 Å². The predicted octanol–water partition coefficient (Wildman–Crippen LogP) is 2.27. The van der Waals surface area contributed by atoms with Crippen molar-refractivity contribution in [2.45, 2.75) is 11.3 Å². The Hall–Kier alpha value is -2.09. The fourth-order valence-electron chi connectivity index (χ4n) is 3.81. The Kier molecular flexibility index (Phi) is 2.95. The average Bonchev–Trinajstić information content (AvgIpc) is 2.98. The Morgan fingerprint density at radius 1 is 1.33 bits per heavy atom. The summed E-state index contributed by atoms with van der Waals surface area (Å²) in [6.45, 7) is 1.90. The lowest BCUT2D eigenvalue weighted by atomic mass is 9.91. The van der Waals surface area contributed by atoms with Crippen LogP contribution in [0, 0.1) is 0 Å². The third-order valence-electron chi connectivity index (χ3n) is 5.20.